The van der Waals surface area contributed by atoms with Gasteiger partial charge in [0.25, 0.3) is 0 Å². The SMILES string of the molecule is Cc1ccccc1-c1cccc(CC2(C(=O)N(C)C)CCN(C(=O)C3CCC3)CC2)c1. The van der Waals surface area contributed by atoms with Crippen LogP contribution in [0.2, 0.25) is 0 Å². The predicted octanol–water partition coefficient (Wildman–Crippen LogP) is 4.70. The number of hydrogen-bond donors (Lipinski definition) is 0. The maximum absolute atomic E-state index is 13.3. The van der Waals surface area contributed by atoms with Crippen LogP contribution < -0.4 is 0 Å². The van der Waals surface area contributed by atoms with Gasteiger partial charge in [-0.3, -0.25) is 9.59 Å². The second-order valence-electron chi connectivity index (χ2n) is 9.63. The smallest absolute Gasteiger partial charge is 0.228 e. The highest BCUT2D eigenvalue weighted by Crippen LogP contribution is 2.39. The van der Waals surface area contributed by atoms with Crippen molar-refractivity contribution in [2.75, 3.05) is 27.2 Å². The molecule has 0 aromatic heterocycles. The van der Waals surface area contributed by atoms with Gasteiger partial charge in [0.05, 0.1) is 5.41 Å². The highest BCUT2D eigenvalue weighted by atomic mass is 16.2. The van der Waals surface area contributed by atoms with Gasteiger partial charge in [-0.2, -0.15) is 0 Å². The average Bonchev–Trinajstić information content (AvgIpc) is 2.73. The summed E-state index contributed by atoms with van der Waals surface area (Å²) in [6.45, 7) is 3.51. The van der Waals surface area contributed by atoms with Crippen LogP contribution in [0.1, 0.15) is 43.2 Å². The van der Waals surface area contributed by atoms with E-state index in [1.165, 1.54) is 28.7 Å². The molecule has 0 N–H and O–H groups in total. The molecule has 1 aliphatic heterocycles. The molecule has 2 aromatic carbocycles. The molecular formula is C27H34N2O2. The van der Waals surface area contributed by atoms with Gasteiger partial charge in [-0.25, -0.2) is 0 Å². The van der Waals surface area contributed by atoms with E-state index in [9.17, 15) is 9.59 Å². The third-order valence-electron chi connectivity index (χ3n) is 7.27. The third-order valence-corrected chi connectivity index (χ3v) is 7.27. The summed E-state index contributed by atoms with van der Waals surface area (Å²) in [6, 6.07) is 17.0. The molecule has 0 atom stereocenters. The number of hydrogen-bond acceptors (Lipinski definition) is 2. The van der Waals surface area contributed by atoms with E-state index < -0.39 is 5.41 Å². The van der Waals surface area contributed by atoms with E-state index in [1.807, 2.05) is 19.0 Å². The number of benzene rings is 2. The molecule has 0 spiro atoms. The van der Waals surface area contributed by atoms with Gasteiger partial charge >= 0.3 is 0 Å². The van der Waals surface area contributed by atoms with Crippen LogP contribution in [0, 0.1) is 18.3 Å². The Kier molecular flexibility index (Phi) is 6.17. The van der Waals surface area contributed by atoms with Crippen molar-refractivity contribution in [2.24, 2.45) is 11.3 Å². The van der Waals surface area contributed by atoms with E-state index in [0.717, 1.165) is 32.1 Å². The monoisotopic (exact) mass is 418 g/mol. The van der Waals surface area contributed by atoms with Crippen molar-refractivity contribution in [3.8, 4) is 11.1 Å². The van der Waals surface area contributed by atoms with Crippen LogP contribution >= 0.6 is 0 Å². The topological polar surface area (TPSA) is 40.6 Å². The standard InChI is InChI=1S/C27H34N2O2/c1-20-8-4-5-13-24(20)23-12-6-9-21(18-23)19-27(26(31)28(2)3)14-16-29(17-15-27)25(30)22-10-7-11-22/h4-6,8-9,12-13,18,22H,7,10-11,14-17,19H2,1-3H3. The summed E-state index contributed by atoms with van der Waals surface area (Å²) in [6.07, 6.45) is 5.42. The highest BCUT2D eigenvalue weighted by molar-refractivity contribution is 5.84. The molecule has 4 heteroatoms. The second kappa shape index (κ2) is 8.86. The summed E-state index contributed by atoms with van der Waals surface area (Å²) in [5.74, 6) is 0.714. The van der Waals surface area contributed by atoms with Crippen molar-refractivity contribution in [3.05, 3.63) is 59.7 Å². The third kappa shape index (κ3) is 4.39. The Hall–Kier alpha value is -2.62. The first-order valence-corrected chi connectivity index (χ1v) is 11.6. The van der Waals surface area contributed by atoms with Crippen molar-refractivity contribution in [1.29, 1.82) is 0 Å². The van der Waals surface area contributed by atoms with Crippen molar-refractivity contribution >= 4 is 11.8 Å². The molecule has 2 aliphatic rings. The van der Waals surface area contributed by atoms with Gasteiger partial charge in [0.2, 0.25) is 11.8 Å². The number of amides is 2. The van der Waals surface area contributed by atoms with E-state index in [1.54, 1.807) is 4.90 Å². The number of carbonyl (C=O) groups is 2. The van der Waals surface area contributed by atoms with Crippen molar-refractivity contribution in [2.45, 2.75) is 45.4 Å². The summed E-state index contributed by atoms with van der Waals surface area (Å²) in [7, 11) is 3.69. The maximum Gasteiger partial charge on any atom is 0.228 e. The van der Waals surface area contributed by atoms with Gasteiger partial charge in [0.15, 0.2) is 0 Å². The van der Waals surface area contributed by atoms with Gasteiger partial charge in [-0.1, -0.05) is 55.0 Å². The summed E-state index contributed by atoms with van der Waals surface area (Å²) < 4.78 is 0. The normalized spacial score (nSPS) is 18.4. The number of aryl methyl sites for hydroxylation is 1. The van der Waals surface area contributed by atoms with Crippen LogP contribution in [0.15, 0.2) is 48.5 Å². The molecule has 1 saturated carbocycles. The first kappa shape index (κ1) is 21.6. The minimum atomic E-state index is -0.440. The summed E-state index contributed by atoms with van der Waals surface area (Å²) in [5.41, 5.74) is 4.43. The lowest BCUT2D eigenvalue weighted by atomic mass is 9.72. The Balaban J connectivity index is 1.56. The fraction of sp³-hybridized carbons (Fsp3) is 0.481. The number of piperidine rings is 1. The highest BCUT2D eigenvalue weighted by Gasteiger charge is 2.44. The molecule has 1 aliphatic carbocycles. The molecule has 0 radical (unpaired) electrons. The number of likely N-dealkylation sites (tertiary alicyclic amines) is 1. The van der Waals surface area contributed by atoms with Gasteiger partial charge < -0.3 is 9.80 Å². The van der Waals surface area contributed by atoms with E-state index in [2.05, 4.69) is 55.5 Å². The first-order valence-electron chi connectivity index (χ1n) is 11.6. The van der Waals surface area contributed by atoms with Crippen LogP contribution in [0.3, 0.4) is 0 Å². The van der Waals surface area contributed by atoms with Gasteiger partial charge in [-0.15, -0.1) is 0 Å². The quantitative estimate of drug-likeness (QED) is 0.706. The largest absolute Gasteiger partial charge is 0.348 e. The van der Waals surface area contributed by atoms with Crippen LogP contribution in [0.4, 0.5) is 0 Å². The summed E-state index contributed by atoms with van der Waals surface area (Å²) in [4.78, 5) is 29.8. The van der Waals surface area contributed by atoms with Gasteiger partial charge in [-0.05, 0) is 61.3 Å². The zero-order valence-corrected chi connectivity index (χ0v) is 19.1. The van der Waals surface area contributed by atoms with Crippen LogP contribution in [0.25, 0.3) is 11.1 Å². The van der Waals surface area contributed by atoms with Crippen molar-refractivity contribution in [1.82, 2.24) is 9.80 Å². The van der Waals surface area contributed by atoms with Crippen LogP contribution in [0.5, 0.6) is 0 Å². The van der Waals surface area contributed by atoms with E-state index >= 15 is 0 Å². The Morgan fingerprint density at radius 3 is 2.35 bits per heavy atom. The van der Waals surface area contributed by atoms with Crippen molar-refractivity contribution < 1.29 is 9.59 Å². The fourth-order valence-electron chi connectivity index (χ4n) is 5.15. The van der Waals surface area contributed by atoms with E-state index in [4.69, 9.17) is 0 Å². The zero-order chi connectivity index (χ0) is 22.0. The average molecular weight is 419 g/mol. The fourth-order valence-corrected chi connectivity index (χ4v) is 5.15. The van der Waals surface area contributed by atoms with Crippen LogP contribution in [-0.4, -0.2) is 48.8 Å². The molecule has 4 rings (SSSR count). The summed E-state index contributed by atoms with van der Waals surface area (Å²) >= 11 is 0. The minimum absolute atomic E-state index is 0.185. The predicted molar refractivity (Wildman–Crippen MR) is 125 cm³/mol. The molecule has 0 bridgehead atoms. The molecule has 2 fully saturated rings. The lowest BCUT2D eigenvalue weighted by Crippen LogP contribution is -2.52. The zero-order valence-electron chi connectivity index (χ0n) is 19.1. The molecule has 4 nitrogen and oxygen atoms in total. The molecule has 2 aromatic rings. The van der Waals surface area contributed by atoms with Gasteiger partial charge in [0, 0.05) is 33.1 Å². The van der Waals surface area contributed by atoms with E-state index in [-0.39, 0.29) is 11.8 Å². The summed E-state index contributed by atoms with van der Waals surface area (Å²) in [5, 5.41) is 0. The second-order valence-corrected chi connectivity index (χ2v) is 9.63. The number of nitrogens with zero attached hydrogens (tertiary/aromatic N) is 2. The Labute approximate surface area is 186 Å². The molecular weight excluding hydrogens is 384 g/mol. The maximum atomic E-state index is 13.3. The van der Waals surface area contributed by atoms with Gasteiger partial charge in [0.1, 0.15) is 0 Å². The molecule has 31 heavy (non-hydrogen) atoms. The lowest BCUT2D eigenvalue weighted by molar-refractivity contribution is -0.148. The molecule has 164 valence electrons. The minimum Gasteiger partial charge on any atom is -0.348 e. The lowest BCUT2D eigenvalue weighted by Gasteiger charge is -2.43. The Morgan fingerprint density at radius 2 is 1.74 bits per heavy atom. The molecule has 1 saturated heterocycles. The Bertz CT molecular complexity index is 953. The molecule has 2 amide bonds. The first-order chi connectivity index (χ1) is 14.9. The van der Waals surface area contributed by atoms with Crippen LogP contribution in [-0.2, 0) is 16.0 Å². The molecule has 0 unspecified atom stereocenters. The number of rotatable bonds is 5. The van der Waals surface area contributed by atoms with Crippen molar-refractivity contribution in [3.63, 3.8) is 0 Å². The van der Waals surface area contributed by atoms with E-state index in [0.29, 0.717) is 19.0 Å². The number of carbonyl (C=O) groups excluding carboxylic acids is 2. The molecule has 1 heterocycles. The Morgan fingerprint density at radius 1 is 1.03 bits per heavy atom.